The number of anilines is 3. The number of aromatic nitrogens is 1. The van der Waals surface area contributed by atoms with Crippen molar-refractivity contribution in [1.29, 1.82) is 0 Å². The number of nitrogens with one attached hydrogen (secondary N) is 1. The van der Waals surface area contributed by atoms with E-state index in [9.17, 15) is 21.6 Å². The molecule has 15 heteroatoms. The fourth-order valence-electron chi connectivity index (χ4n) is 2.77. The predicted octanol–water partition coefficient (Wildman–Crippen LogP) is 5.41. The molecule has 0 fully saturated rings. The van der Waals surface area contributed by atoms with Gasteiger partial charge >= 0.3 is 12.1 Å². The van der Waals surface area contributed by atoms with Crippen LogP contribution in [0.15, 0.2) is 52.9 Å². The lowest BCUT2D eigenvalue weighted by Crippen LogP contribution is -2.29. The first-order valence-electron chi connectivity index (χ1n) is 9.11. The number of hydrogen-bond donors (Lipinski definition) is 2. The molecule has 0 saturated heterocycles. The highest BCUT2D eigenvalue weighted by Crippen LogP contribution is 2.42. The molecule has 0 radical (unpaired) electrons. The van der Waals surface area contributed by atoms with Crippen molar-refractivity contribution in [2.24, 2.45) is 0 Å². The Morgan fingerprint density at radius 2 is 1.91 bits per heavy atom. The molecule has 0 spiro atoms. The second kappa shape index (κ2) is 10.3. The molecule has 8 nitrogen and oxygen atoms in total. The average Bonchev–Trinajstić information content (AvgIpc) is 3.27. The van der Waals surface area contributed by atoms with Crippen LogP contribution in [0, 0.1) is 0 Å². The van der Waals surface area contributed by atoms with Crippen LogP contribution in [-0.4, -0.2) is 43.8 Å². The normalized spacial score (nSPS) is 13.3. The Bertz CT molecular complexity index is 1290. The van der Waals surface area contributed by atoms with Gasteiger partial charge in [-0.3, -0.25) is 4.72 Å². The fraction of sp³-hybridized carbons (Fsp3) is 0.158. The molecule has 1 aromatic heterocycles. The lowest BCUT2D eigenvalue weighted by molar-refractivity contribution is -0.192. The monoisotopic (exact) mass is 555 g/mol. The van der Waals surface area contributed by atoms with E-state index in [0.29, 0.717) is 34.1 Å². The number of fused-ring (bicyclic) bond motifs is 1. The van der Waals surface area contributed by atoms with Crippen LogP contribution in [-0.2, 0) is 14.8 Å². The van der Waals surface area contributed by atoms with Crippen LogP contribution in [0.2, 0.25) is 10.0 Å². The van der Waals surface area contributed by atoms with Crippen LogP contribution in [0.4, 0.5) is 29.7 Å². The van der Waals surface area contributed by atoms with E-state index < -0.39 is 22.2 Å². The molecule has 0 unspecified atom stereocenters. The summed E-state index contributed by atoms with van der Waals surface area (Å²) in [7, 11) is -3.76. The fourth-order valence-corrected chi connectivity index (χ4v) is 4.97. The molecule has 2 heterocycles. The van der Waals surface area contributed by atoms with Crippen LogP contribution in [0.1, 0.15) is 0 Å². The van der Waals surface area contributed by atoms with E-state index in [4.69, 9.17) is 37.8 Å². The molecule has 182 valence electrons. The van der Waals surface area contributed by atoms with Gasteiger partial charge in [0, 0.05) is 17.6 Å². The summed E-state index contributed by atoms with van der Waals surface area (Å²) < 4.78 is 65.0. The van der Waals surface area contributed by atoms with E-state index in [1.54, 1.807) is 17.5 Å². The van der Waals surface area contributed by atoms with E-state index in [1.165, 1.54) is 29.7 Å². The summed E-state index contributed by atoms with van der Waals surface area (Å²) in [5.74, 6) is -2.30. The number of carboxylic acid groups (broad SMARTS) is 1. The number of benzene rings is 2. The summed E-state index contributed by atoms with van der Waals surface area (Å²) in [5.41, 5.74) is 1.46. The number of halogens is 5. The van der Waals surface area contributed by atoms with Crippen LogP contribution >= 0.6 is 34.5 Å². The number of carbonyl (C=O) groups is 1. The smallest absolute Gasteiger partial charge is 0.489 e. The van der Waals surface area contributed by atoms with Gasteiger partial charge < -0.3 is 14.7 Å². The zero-order chi connectivity index (χ0) is 25.1. The highest BCUT2D eigenvalue weighted by Gasteiger charge is 2.38. The Balaban J connectivity index is 0.000000406. The van der Waals surface area contributed by atoms with Gasteiger partial charge in [0.1, 0.15) is 12.4 Å². The average molecular weight is 556 g/mol. The molecular weight excluding hydrogens is 542 g/mol. The first-order valence-corrected chi connectivity index (χ1v) is 12.2. The summed E-state index contributed by atoms with van der Waals surface area (Å²) >= 11 is 13.7. The van der Waals surface area contributed by atoms with Gasteiger partial charge in [0.15, 0.2) is 5.13 Å². The molecule has 34 heavy (non-hydrogen) atoms. The number of alkyl halides is 3. The standard InChI is InChI=1S/C17H13Cl2N3O3S2.C2HF3O2/c18-12-2-1-3-14(16(12)19)22-7-8-25-15-10-11(4-5-13(15)22)27(23,24)21-17-20-6-9-26-17;3-2(4,5)1(6)7/h1-6,9-10H,7-8H2,(H,20,21);(H,6,7). The van der Waals surface area contributed by atoms with E-state index in [2.05, 4.69) is 9.71 Å². The Labute approximate surface area is 205 Å². The first-order chi connectivity index (χ1) is 15.9. The van der Waals surface area contributed by atoms with Crippen LogP contribution in [0.5, 0.6) is 5.75 Å². The first kappa shape index (κ1) is 25.9. The number of thiazole rings is 1. The molecule has 2 N–H and O–H groups in total. The lowest BCUT2D eigenvalue weighted by atomic mass is 10.2. The van der Waals surface area contributed by atoms with Gasteiger partial charge in [-0.05, 0) is 24.3 Å². The maximum Gasteiger partial charge on any atom is 0.490 e. The molecule has 0 atom stereocenters. The minimum absolute atomic E-state index is 0.0930. The molecule has 2 aromatic carbocycles. The zero-order valence-electron chi connectivity index (χ0n) is 16.7. The lowest BCUT2D eigenvalue weighted by Gasteiger charge is -2.32. The molecule has 4 rings (SSSR count). The molecule has 1 aliphatic rings. The third-order valence-corrected chi connectivity index (χ3v) is 7.19. The molecule has 0 aliphatic carbocycles. The summed E-state index contributed by atoms with van der Waals surface area (Å²) in [6.45, 7) is 0.954. The number of aliphatic carboxylic acids is 1. The Morgan fingerprint density at radius 3 is 2.53 bits per heavy atom. The molecular formula is C19H14Cl2F3N3O5S2. The highest BCUT2D eigenvalue weighted by atomic mass is 35.5. The van der Waals surface area contributed by atoms with Crippen LogP contribution < -0.4 is 14.4 Å². The number of rotatable bonds is 4. The largest absolute Gasteiger partial charge is 0.490 e. The second-order valence-corrected chi connectivity index (χ2v) is 9.81. The molecule has 0 saturated carbocycles. The summed E-state index contributed by atoms with van der Waals surface area (Å²) in [5, 5.41) is 10.0. The van der Waals surface area contributed by atoms with Gasteiger partial charge in [-0.1, -0.05) is 29.3 Å². The molecule has 0 amide bonds. The van der Waals surface area contributed by atoms with Gasteiger partial charge in [0.05, 0.1) is 32.9 Å². The maximum absolute atomic E-state index is 12.6. The Morgan fingerprint density at radius 1 is 1.21 bits per heavy atom. The topological polar surface area (TPSA) is 109 Å². The van der Waals surface area contributed by atoms with Crippen LogP contribution in [0.3, 0.4) is 0 Å². The summed E-state index contributed by atoms with van der Waals surface area (Å²) in [6.07, 6.45) is -3.55. The quantitative estimate of drug-likeness (QED) is 0.442. The minimum Gasteiger partial charge on any atom is -0.489 e. The van der Waals surface area contributed by atoms with Crippen molar-refractivity contribution in [3.05, 3.63) is 58.0 Å². The van der Waals surface area contributed by atoms with Gasteiger partial charge in [-0.25, -0.2) is 18.2 Å². The molecule has 3 aromatic rings. The number of ether oxygens (including phenoxy) is 1. The SMILES string of the molecule is O=C(O)C(F)(F)F.O=S(=O)(Nc1nccs1)c1ccc2c(c1)OCCN2c1cccc(Cl)c1Cl. The van der Waals surface area contributed by atoms with Crippen molar-refractivity contribution in [1.82, 2.24) is 4.98 Å². The van der Waals surface area contributed by atoms with Crippen molar-refractivity contribution >= 4 is 67.0 Å². The van der Waals surface area contributed by atoms with E-state index in [-0.39, 0.29) is 4.90 Å². The Hall–Kier alpha value is -2.74. The van der Waals surface area contributed by atoms with Crippen molar-refractivity contribution in [3.8, 4) is 5.75 Å². The van der Waals surface area contributed by atoms with E-state index in [0.717, 1.165) is 11.4 Å². The molecule has 0 bridgehead atoms. The van der Waals surface area contributed by atoms with E-state index >= 15 is 0 Å². The predicted molar refractivity (Wildman–Crippen MR) is 122 cm³/mol. The second-order valence-electron chi connectivity index (χ2n) is 6.45. The van der Waals surface area contributed by atoms with Crippen molar-refractivity contribution in [2.45, 2.75) is 11.1 Å². The summed E-state index contributed by atoms with van der Waals surface area (Å²) in [6, 6.07) is 10.1. The number of nitrogens with zero attached hydrogens (tertiary/aromatic N) is 2. The van der Waals surface area contributed by atoms with Crippen molar-refractivity contribution in [2.75, 3.05) is 22.8 Å². The summed E-state index contributed by atoms with van der Waals surface area (Å²) in [4.78, 5) is 14.9. The van der Waals surface area contributed by atoms with Crippen LogP contribution in [0.25, 0.3) is 0 Å². The van der Waals surface area contributed by atoms with Gasteiger partial charge in [0.2, 0.25) is 0 Å². The Kier molecular flexibility index (Phi) is 7.81. The number of hydrogen-bond acceptors (Lipinski definition) is 7. The van der Waals surface area contributed by atoms with Gasteiger partial charge in [-0.15, -0.1) is 11.3 Å². The van der Waals surface area contributed by atoms with Crippen molar-refractivity contribution < 1.29 is 36.2 Å². The minimum atomic E-state index is -5.08. The van der Waals surface area contributed by atoms with Crippen molar-refractivity contribution in [3.63, 3.8) is 0 Å². The van der Waals surface area contributed by atoms with E-state index in [1.807, 2.05) is 17.0 Å². The highest BCUT2D eigenvalue weighted by molar-refractivity contribution is 7.93. The number of carboxylic acids is 1. The molecule has 1 aliphatic heterocycles. The zero-order valence-corrected chi connectivity index (χ0v) is 19.9. The number of sulfonamides is 1. The maximum atomic E-state index is 12.6. The third-order valence-electron chi connectivity index (χ3n) is 4.22. The van der Waals surface area contributed by atoms with Gasteiger partial charge in [-0.2, -0.15) is 13.2 Å². The van der Waals surface area contributed by atoms with Gasteiger partial charge in [0.25, 0.3) is 10.0 Å². The third kappa shape index (κ3) is 6.03.